The predicted molar refractivity (Wildman–Crippen MR) is 75.2 cm³/mol. The third-order valence-electron chi connectivity index (χ3n) is 4.21. The molecular weight excluding hydrogens is 222 g/mol. The molecule has 2 aliphatic rings. The highest BCUT2D eigenvalue weighted by Gasteiger charge is 2.23. The van der Waals surface area contributed by atoms with Crippen molar-refractivity contribution in [3.8, 4) is 0 Å². The van der Waals surface area contributed by atoms with E-state index in [-0.39, 0.29) is 11.9 Å². The van der Waals surface area contributed by atoms with Gasteiger partial charge in [-0.1, -0.05) is 24.6 Å². The smallest absolute Gasteiger partial charge is 0.243 e. The second kappa shape index (κ2) is 6.77. The number of carbonyl (C=O) groups is 1. The summed E-state index contributed by atoms with van der Waals surface area (Å²) in [5.74, 6) is 1.57. The summed E-state index contributed by atoms with van der Waals surface area (Å²) in [7, 11) is 0. The van der Waals surface area contributed by atoms with E-state index in [9.17, 15) is 4.79 Å². The van der Waals surface area contributed by atoms with Gasteiger partial charge in [-0.15, -0.1) is 0 Å². The van der Waals surface area contributed by atoms with Gasteiger partial charge in [0.25, 0.3) is 0 Å². The molecule has 1 N–H and O–H groups in total. The molecule has 0 bridgehead atoms. The molecule has 18 heavy (non-hydrogen) atoms. The van der Waals surface area contributed by atoms with Gasteiger partial charge in [0, 0.05) is 6.04 Å². The molecule has 0 radical (unpaired) electrons. The van der Waals surface area contributed by atoms with Crippen LogP contribution in [0.2, 0.25) is 0 Å². The van der Waals surface area contributed by atoms with Gasteiger partial charge >= 0.3 is 0 Å². The summed E-state index contributed by atoms with van der Waals surface area (Å²) in [6, 6.07) is 0.288. The topological polar surface area (TPSA) is 29.1 Å². The van der Waals surface area contributed by atoms with Gasteiger partial charge in [0.1, 0.15) is 0 Å². The normalized spacial score (nSPS) is 37.6. The lowest BCUT2D eigenvalue weighted by Crippen LogP contribution is -2.30. The molecule has 0 aromatic carbocycles. The molecule has 1 fully saturated rings. The molecule has 2 nitrogen and oxygen atoms in total. The van der Waals surface area contributed by atoms with Crippen molar-refractivity contribution >= 4 is 5.91 Å². The average Bonchev–Trinajstić information content (AvgIpc) is 2.75. The van der Waals surface area contributed by atoms with Crippen LogP contribution in [0.5, 0.6) is 0 Å². The Morgan fingerprint density at radius 1 is 1.17 bits per heavy atom. The zero-order valence-corrected chi connectivity index (χ0v) is 11.4. The lowest BCUT2D eigenvalue weighted by molar-refractivity contribution is -0.117. The van der Waals surface area contributed by atoms with Crippen molar-refractivity contribution in [2.45, 2.75) is 57.9 Å². The second-order valence-electron chi connectivity index (χ2n) is 5.76. The van der Waals surface area contributed by atoms with Crippen LogP contribution >= 0.6 is 0 Å². The number of carbonyl (C=O) groups excluding carboxylic acids is 1. The van der Waals surface area contributed by atoms with E-state index in [1.807, 2.05) is 0 Å². The first-order valence-electron chi connectivity index (χ1n) is 7.39. The molecule has 1 aliphatic heterocycles. The highest BCUT2D eigenvalue weighted by atomic mass is 16.1. The van der Waals surface area contributed by atoms with Crippen molar-refractivity contribution in [2.24, 2.45) is 11.8 Å². The standard InChI is InChI=1S/C16H25NO/c1-13-7-3-2-4-8-14-9-5-10-15(14)11-6-12-16(18)17-13/h4,6,8,12-15H,2-3,5,7,9-11H2,1H3,(H,17,18)/b8-4+,12-6+. The van der Waals surface area contributed by atoms with Crippen LogP contribution in [0.1, 0.15) is 51.9 Å². The molecule has 2 rings (SSSR count). The quantitative estimate of drug-likeness (QED) is 0.651. The van der Waals surface area contributed by atoms with E-state index >= 15 is 0 Å². The largest absolute Gasteiger partial charge is 0.350 e. The summed E-state index contributed by atoms with van der Waals surface area (Å²) < 4.78 is 0. The maximum Gasteiger partial charge on any atom is 0.243 e. The summed E-state index contributed by atoms with van der Waals surface area (Å²) in [4.78, 5) is 11.7. The van der Waals surface area contributed by atoms with E-state index in [2.05, 4.69) is 30.5 Å². The van der Waals surface area contributed by atoms with E-state index in [0.29, 0.717) is 0 Å². The van der Waals surface area contributed by atoms with Crippen LogP contribution < -0.4 is 5.32 Å². The minimum Gasteiger partial charge on any atom is -0.350 e. The van der Waals surface area contributed by atoms with Crippen molar-refractivity contribution in [3.05, 3.63) is 24.3 Å². The first-order valence-corrected chi connectivity index (χ1v) is 7.39. The monoisotopic (exact) mass is 247 g/mol. The Kier molecular flexibility index (Phi) is 5.03. The van der Waals surface area contributed by atoms with E-state index in [1.54, 1.807) is 6.08 Å². The number of allylic oxidation sites excluding steroid dienone is 3. The highest BCUT2D eigenvalue weighted by Crippen LogP contribution is 2.35. The van der Waals surface area contributed by atoms with Gasteiger partial charge in [-0.2, -0.15) is 0 Å². The first-order chi connectivity index (χ1) is 8.75. The SMILES string of the molecule is CC1CCC/C=C/C2CCCC2C/C=C/C(=O)N1. The zero-order valence-electron chi connectivity index (χ0n) is 11.4. The number of amides is 1. The van der Waals surface area contributed by atoms with Gasteiger partial charge in [0.05, 0.1) is 0 Å². The Morgan fingerprint density at radius 2 is 2.06 bits per heavy atom. The van der Waals surface area contributed by atoms with Crippen LogP contribution in [0.15, 0.2) is 24.3 Å². The molecule has 1 saturated carbocycles. The lowest BCUT2D eigenvalue weighted by Gasteiger charge is -2.13. The van der Waals surface area contributed by atoms with E-state index in [4.69, 9.17) is 0 Å². The molecule has 0 spiro atoms. The van der Waals surface area contributed by atoms with E-state index in [0.717, 1.165) is 31.1 Å². The maximum absolute atomic E-state index is 11.7. The number of rotatable bonds is 0. The molecule has 0 aromatic heterocycles. The van der Waals surface area contributed by atoms with Crippen LogP contribution in [0.3, 0.4) is 0 Å². The van der Waals surface area contributed by atoms with Crippen molar-refractivity contribution < 1.29 is 4.79 Å². The second-order valence-corrected chi connectivity index (χ2v) is 5.76. The molecule has 0 aromatic rings. The summed E-state index contributed by atoms with van der Waals surface area (Å²) in [5, 5.41) is 3.03. The van der Waals surface area contributed by atoms with Gasteiger partial charge in [0.2, 0.25) is 5.91 Å². The number of hydrogen-bond donors (Lipinski definition) is 1. The maximum atomic E-state index is 11.7. The van der Waals surface area contributed by atoms with Gasteiger partial charge in [0.15, 0.2) is 0 Å². The fraction of sp³-hybridized carbons (Fsp3) is 0.688. The summed E-state index contributed by atoms with van der Waals surface area (Å²) >= 11 is 0. The molecule has 3 atom stereocenters. The molecule has 1 heterocycles. The Morgan fingerprint density at radius 3 is 2.94 bits per heavy atom. The third-order valence-corrected chi connectivity index (χ3v) is 4.21. The van der Waals surface area contributed by atoms with Crippen LogP contribution in [-0.4, -0.2) is 11.9 Å². The minimum absolute atomic E-state index is 0.0734. The average molecular weight is 247 g/mol. The van der Waals surface area contributed by atoms with Crippen LogP contribution in [0, 0.1) is 11.8 Å². The molecule has 1 aliphatic carbocycles. The Balaban J connectivity index is 1.99. The number of fused-ring (bicyclic) bond motifs is 1. The van der Waals surface area contributed by atoms with Gasteiger partial charge in [-0.05, 0) is 63.4 Å². The summed E-state index contributed by atoms with van der Waals surface area (Å²) in [6.07, 6.45) is 17.0. The Bertz CT molecular complexity index is 332. The zero-order chi connectivity index (χ0) is 12.8. The molecule has 2 heteroatoms. The minimum atomic E-state index is 0.0734. The third kappa shape index (κ3) is 4.01. The highest BCUT2D eigenvalue weighted by molar-refractivity contribution is 5.87. The molecular formula is C16H25NO. The molecule has 100 valence electrons. The van der Waals surface area contributed by atoms with Crippen LogP contribution in [-0.2, 0) is 4.79 Å². The fourth-order valence-corrected chi connectivity index (χ4v) is 3.14. The van der Waals surface area contributed by atoms with E-state index < -0.39 is 0 Å². The van der Waals surface area contributed by atoms with Gasteiger partial charge in [-0.3, -0.25) is 4.79 Å². The van der Waals surface area contributed by atoms with Crippen molar-refractivity contribution in [3.63, 3.8) is 0 Å². The van der Waals surface area contributed by atoms with E-state index in [1.165, 1.54) is 25.7 Å². The predicted octanol–water partition coefficient (Wildman–Crippen LogP) is 3.59. The van der Waals surface area contributed by atoms with Crippen LogP contribution in [0.25, 0.3) is 0 Å². The molecule has 0 saturated heterocycles. The fourth-order valence-electron chi connectivity index (χ4n) is 3.14. The Hall–Kier alpha value is -1.05. The summed E-state index contributed by atoms with van der Waals surface area (Å²) in [5.41, 5.74) is 0. The van der Waals surface area contributed by atoms with Crippen molar-refractivity contribution in [1.82, 2.24) is 5.32 Å². The Labute approximate surface area is 111 Å². The number of hydrogen-bond acceptors (Lipinski definition) is 1. The number of nitrogens with one attached hydrogen (secondary N) is 1. The lowest BCUT2D eigenvalue weighted by atomic mass is 9.92. The van der Waals surface area contributed by atoms with Crippen LogP contribution in [0.4, 0.5) is 0 Å². The first kappa shape index (κ1) is 13.4. The van der Waals surface area contributed by atoms with Crippen molar-refractivity contribution in [1.29, 1.82) is 0 Å². The van der Waals surface area contributed by atoms with Crippen molar-refractivity contribution in [2.75, 3.05) is 0 Å². The summed E-state index contributed by atoms with van der Waals surface area (Å²) in [6.45, 7) is 2.09. The van der Waals surface area contributed by atoms with Gasteiger partial charge < -0.3 is 5.32 Å². The molecule has 1 amide bonds. The van der Waals surface area contributed by atoms with Gasteiger partial charge in [-0.25, -0.2) is 0 Å². The molecule has 3 unspecified atom stereocenters.